The zero-order chi connectivity index (χ0) is 14.4. The number of hydrogen-bond acceptors (Lipinski definition) is 3. The Hall–Kier alpha value is -1.06. The van der Waals surface area contributed by atoms with E-state index in [2.05, 4.69) is 48.6 Å². The molecule has 2 rings (SSSR count). The van der Waals surface area contributed by atoms with E-state index in [1.165, 1.54) is 30.5 Å². The molecule has 0 radical (unpaired) electrons. The van der Waals surface area contributed by atoms with Crippen LogP contribution in [0.25, 0.3) is 0 Å². The normalized spacial score (nSPS) is 17.9. The van der Waals surface area contributed by atoms with Crippen LogP contribution >= 0.6 is 0 Å². The summed E-state index contributed by atoms with van der Waals surface area (Å²) < 4.78 is 0. The predicted molar refractivity (Wildman–Crippen MR) is 85.1 cm³/mol. The van der Waals surface area contributed by atoms with Gasteiger partial charge in [-0.25, -0.2) is 0 Å². The van der Waals surface area contributed by atoms with Gasteiger partial charge in [-0.05, 0) is 30.5 Å². The van der Waals surface area contributed by atoms with Crippen LogP contribution in [0.2, 0.25) is 0 Å². The molecule has 1 aliphatic carbocycles. The standard InChI is InChI=1S/C17H28N2O/c1-19(2)16-8-6-15(7-9-16)12-18-13-17(14-20)10-4-3-5-11-17/h6-9,18,20H,3-5,10-14H2,1-2H3. The van der Waals surface area contributed by atoms with Gasteiger partial charge in [-0.1, -0.05) is 31.4 Å². The van der Waals surface area contributed by atoms with E-state index in [1.54, 1.807) is 0 Å². The van der Waals surface area contributed by atoms with Gasteiger partial charge < -0.3 is 15.3 Å². The first-order valence-electron chi connectivity index (χ1n) is 7.73. The van der Waals surface area contributed by atoms with Crippen LogP contribution in [0, 0.1) is 5.41 Å². The molecule has 0 heterocycles. The summed E-state index contributed by atoms with van der Waals surface area (Å²) in [4.78, 5) is 2.11. The van der Waals surface area contributed by atoms with Crippen LogP contribution < -0.4 is 10.2 Å². The molecule has 1 aliphatic rings. The molecule has 0 bridgehead atoms. The molecule has 2 N–H and O–H groups in total. The summed E-state index contributed by atoms with van der Waals surface area (Å²) in [6, 6.07) is 8.66. The molecule has 1 aromatic rings. The second-order valence-electron chi connectivity index (χ2n) is 6.38. The van der Waals surface area contributed by atoms with Gasteiger partial charge in [0.2, 0.25) is 0 Å². The molecule has 0 saturated heterocycles. The van der Waals surface area contributed by atoms with E-state index in [-0.39, 0.29) is 5.41 Å². The summed E-state index contributed by atoms with van der Waals surface area (Å²) in [5.74, 6) is 0. The molecule has 1 aromatic carbocycles. The fourth-order valence-corrected chi connectivity index (χ4v) is 3.08. The molecule has 3 nitrogen and oxygen atoms in total. The summed E-state index contributed by atoms with van der Waals surface area (Å²) in [5.41, 5.74) is 2.66. The highest BCUT2D eigenvalue weighted by atomic mass is 16.3. The van der Waals surface area contributed by atoms with Gasteiger partial charge in [0.1, 0.15) is 0 Å². The molecule has 0 unspecified atom stereocenters. The van der Waals surface area contributed by atoms with Crippen LogP contribution in [-0.4, -0.2) is 32.4 Å². The monoisotopic (exact) mass is 276 g/mol. The van der Waals surface area contributed by atoms with E-state index in [4.69, 9.17) is 0 Å². The number of anilines is 1. The lowest BCUT2D eigenvalue weighted by atomic mass is 9.74. The molecule has 3 heteroatoms. The van der Waals surface area contributed by atoms with Gasteiger partial charge in [-0.3, -0.25) is 0 Å². The van der Waals surface area contributed by atoms with Gasteiger partial charge in [0.05, 0.1) is 0 Å². The smallest absolute Gasteiger partial charge is 0.0499 e. The van der Waals surface area contributed by atoms with Crippen LogP contribution in [0.1, 0.15) is 37.7 Å². The van der Waals surface area contributed by atoms with Crippen LogP contribution in [0.15, 0.2) is 24.3 Å². The van der Waals surface area contributed by atoms with Crippen LogP contribution in [0.4, 0.5) is 5.69 Å². The Bertz CT molecular complexity index is 394. The maximum Gasteiger partial charge on any atom is 0.0499 e. The quantitative estimate of drug-likeness (QED) is 0.838. The molecular formula is C17H28N2O. The number of aliphatic hydroxyl groups excluding tert-OH is 1. The van der Waals surface area contributed by atoms with Crippen molar-refractivity contribution in [2.24, 2.45) is 5.41 Å². The van der Waals surface area contributed by atoms with E-state index < -0.39 is 0 Å². The van der Waals surface area contributed by atoms with E-state index in [1.807, 2.05) is 0 Å². The lowest BCUT2D eigenvalue weighted by molar-refractivity contribution is 0.0810. The van der Waals surface area contributed by atoms with Crippen molar-refractivity contribution in [3.8, 4) is 0 Å². The third-order valence-corrected chi connectivity index (χ3v) is 4.53. The van der Waals surface area contributed by atoms with E-state index in [0.29, 0.717) is 6.61 Å². The van der Waals surface area contributed by atoms with Crippen molar-refractivity contribution in [3.63, 3.8) is 0 Å². The van der Waals surface area contributed by atoms with Crippen molar-refractivity contribution in [3.05, 3.63) is 29.8 Å². The van der Waals surface area contributed by atoms with Crippen LogP contribution in [-0.2, 0) is 6.54 Å². The zero-order valence-electron chi connectivity index (χ0n) is 12.9. The molecule has 1 fully saturated rings. The average Bonchev–Trinajstić information content (AvgIpc) is 2.49. The fraction of sp³-hybridized carbons (Fsp3) is 0.647. The second-order valence-corrected chi connectivity index (χ2v) is 6.38. The third kappa shape index (κ3) is 3.97. The average molecular weight is 276 g/mol. The Labute approximate surface area is 123 Å². The first-order valence-corrected chi connectivity index (χ1v) is 7.73. The van der Waals surface area contributed by atoms with Crippen molar-refractivity contribution < 1.29 is 5.11 Å². The molecule has 0 aliphatic heterocycles. The van der Waals surface area contributed by atoms with Gasteiger partial charge in [0.15, 0.2) is 0 Å². The number of nitrogens with zero attached hydrogens (tertiary/aromatic N) is 1. The molecule has 20 heavy (non-hydrogen) atoms. The molecule has 0 aromatic heterocycles. The summed E-state index contributed by atoms with van der Waals surface area (Å²) in [5, 5.41) is 13.2. The number of rotatable bonds is 6. The van der Waals surface area contributed by atoms with Gasteiger partial charge in [-0.2, -0.15) is 0 Å². The van der Waals surface area contributed by atoms with Crippen molar-refractivity contribution in [2.75, 3.05) is 32.1 Å². The highest BCUT2D eigenvalue weighted by molar-refractivity contribution is 5.45. The summed E-state index contributed by atoms with van der Waals surface area (Å²) in [6.45, 7) is 2.13. The minimum atomic E-state index is 0.127. The lowest BCUT2D eigenvalue weighted by Crippen LogP contribution is -2.38. The number of hydrogen-bond donors (Lipinski definition) is 2. The Kier molecular flexibility index (Phi) is 5.44. The highest BCUT2D eigenvalue weighted by Crippen LogP contribution is 2.35. The maximum absolute atomic E-state index is 9.69. The number of benzene rings is 1. The van der Waals surface area contributed by atoms with Crippen molar-refractivity contribution in [1.29, 1.82) is 0 Å². The molecule has 0 amide bonds. The maximum atomic E-state index is 9.69. The minimum Gasteiger partial charge on any atom is -0.396 e. The van der Waals surface area contributed by atoms with Gasteiger partial charge >= 0.3 is 0 Å². The Morgan fingerprint density at radius 2 is 1.75 bits per heavy atom. The summed E-state index contributed by atoms with van der Waals surface area (Å²) in [6.07, 6.45) is 6.18. The molecule has 1 saturated carbocycles. The Balaban J connectivity index is 1.82. The van der Waals surface area contributed by atoms with E-state index >= 15 is 0 Å². The minimum absolute atomic E-state index is 0.127. The van der Waals surface area contributed by atoms with Crippen LogP contribution in [0.3, 0.4) is 0 Å². The molecular weight excluding hydrogens is 248 g/mol. The van der Waals surface area contributed by atoms with Gasteiger partial charge in [-0.15, -0.1) is 0 Å². The summed E-state index contributed by atoms with van der Waals surface area (Å²) in [7, 11) is 4.11. The van der Waals surface area contributed by atoms with Crippen molar-refractivity contribution in [2.45, 2.75) is 38.6 Å². The fourth-order valence-electron chi connectivity index (χ4n) is 3.08. The SMILES string of the molecule is CN(C)c1ccc(CNCC2(CO)CCCCC2)cc1. The zero-order valence-corrected chi connectivity index (χ0v) is 12.9. The summed E-state index contributed by atoms with van der Waals surface area (Å²) >= 11 is 0. The molecule has 112 valence electrons. The van der Waals surface area contributed by atoms with Crippen molar-refractivity contribution >= 4 is 5.69 Å². The number of aliphatic hydroxyl groups is 1. The van der Waals surface area contributed by atoms with Gasteiger partial charge in [0, 0.05) is 44.9 Å². The molecule has 0 spiro atoms. The molecule has 0 atom stereocenters. The number of nitrogens with one attached hydrogen (secondary N) is 1. The topological polar surface area (TPSA) is 35.5 Å². The third-order valence-electron chi connectivity index (χ3n) is 4.53. The largest absolute Gasteiger partial charge is 0.396 e. The first kappa shape index (κ1) is 15.3. The van der Waals surface area contributed by atoms with Gasteiger partial charge in [0.25, 0.3) is 0 Å². The highest BCUT2D eigenvalue weighted by Gasteiger charge is 2.30. The lowest BCUT2D eigenvalue weighted by Gasteiger charge is -2.35. The van der Waals surface area contributed by atoms with Crippen molar-refractivity contribution in [1.82, 2.24) is 5.32 Å². The van der Waals surface area contributed by atoms with Crippen LogP contribution in [0.5, 0.6) is 0 Å². The second kappa shape index (κ2) is 7.09. The Morgan fingerprint density at radius 3 is 2.30 bits per heavy atom. The predicted octanol–water partition coefficient (Wildman–Crippen LogP) is 2.79. The van der Waals surface area contributed by atoms with E-state index in [0.717, 1.165) is 25.9 Å². The van der Waals surface area contributed by atoms with E-state index in [9.17, 15) is 5.11 Å². The Morgan fingerprint density at radius 1 is 1.10 bits per heavy atom. The first-order chi connectivity index (χ1) is 9.65.